The Morgan fingerprint density at radius 1 is 0.831 bits per heavy atom. The van der Waals surface area contributed by atoms with Crippen LogP contribution in [0, 0.1) is 47.3 Å². The molecule has 0 spiro atoms. The zero-order valence-corrected chi connectivity index (χ0v) is 41.7. The number of Topliss-reactive ketones (excluding diaryl/α,β-unsaturated/α-hetero) is 3. The molecule has 15 atom stereocenters. The van der Waals surface area contributed by atoms with E-state index in [0.717, 1.165) is 30.4 Å². The number of amides is 1. The number of ketones is 3. The Morgan fingerprint density at radius 3 is 2.23 bits per heavy atom. The largest absolute Gasteiger partial charge is 0.460 e. The van der Waals surface area contributed by atoms with Gasteiger partial charge in [0, 0.05) is 64.4 Å². The highest BCUT2D eigenvalue weighted by Crippen LogP contribution is 2.38. The zero-order chi connectivity index (χ0) is 48.2. The number of nitrogens with zero attached hydrogens (tertiary/aromatic N) is 1. The van der Waals surface area contributed by atoms with Crippen molar-refractivity contribution in [3.8, 4) is 0 Å². The number of aliphatic hydroxyl groups is 1. The van der Waals surface area contributed by atoms with Crippen molar-refractivity contribution >= 4 is 29.2 Å². The maximum Gasteiger partial charge on any atom is 0.329 e. The van der Waals surface area contributed by atoms with Crippen LogP contribution in [0.25, 0.3) is 0 Å². The van der Waals surface area contributed by atoms with Crippen molar-refractivity contribution in [3.05, 3.63) is 47.6 Å². The molecule has 1 unspecified atom stereocenters. The molecule has 4 aliphatic rings. The molecular formula is C53H83NO11. The SMILES string of the molecule is CO[C@H]1C[C@@H]2CC[C@@H](C)[C@@](O)(O2)C(=O)C(=O)N2CCCC[C@H]2C(=O)O[C@H]([C@H](C)CC2CC[C@@H](C)[C@H](OC)C2)CC(=O)[C@H](C)/C=C(\C)[C@@H](C)[C@@H](OC)C(=O)[C@H](C)C[C@H](C)/C=C/C=C/C=C/1C. The van der Waals surface area contributed by atoms with E-state index in [1.165, 1.54) is 4.90 Å². The summed E-state index contributed by atoms with van der Waals surface area (Å²) in [6.45, 7) is 17.7. The number of fused-ring (bicyclic) bond motifs is 3. The predicted octanol–water partition coefficient (Wildman–Crippen LogP) is 8.73. The van der Waals surface area contributed by atoms with Gasteiger partial charge in [-0.25, -0.2) is 4.79 Å². The number of carbonyl (C=O) groups is 5. The van der Waals surface area contributed by atoms with Gasteiger partial charge in [-0.3, -0.25) is 19.2 Å². The summed E-state index contributed by atoms with van der Waals surface area (Å²) in [7, 11) is 4.90. The van der Waals surface area contributed by atoms with E-state index < -0.39 is 59.6 Å². The number of hydrogen-bond acceptors (Lipinski definition) is 11. The van der Waals surface area contributed by atoms with E-state index in [-0.39, 0.29) is 66.8 Å². The van der Waals surface area contributed by atoms with Crippen molar-refractivity contribution in [2.45, 2.75) is 182 Å². The Morgan fingerprint density at radius 2 is 1.55 bits per heavy atom. The molecule has 3 fully saturated rings. The van der Waals surface area contributed by atoms with Gasteiger partial charge in [-0.2, -0.15) is 0 Å². The number of piperidine rings is 1. The van der Waals surface area contributed by atoms with Crippen LogP contribution in [-0.2, 0) is 47.7 Å². The van der Waals surface area contributed by atoms with Crippen LogP contribution in [-0.4, -0.2) is 109 Å². The minimum atomic E-state index is -2.39. The second-order valence-electron chi connectivity index (χ2n) is 20.3. The van der Waals surface area contributed by atoms with Gasteiger partial charge in [0.2, 0.25) is 5.79 Å². The third-order valence-corrected chi connectivity index (χ3v) is 15.3. The number of ether oxygens (including phenoxy) is 5. The summed E-state index contributed by atoms with van der Waals surface area (Å²) in [4.78, 5) is 72.3. The van der Waals surface area contributed by atoms with Crippen molar-refractivity contribution in [1.82, 2.24) is 4.90 Å². The molecule has 65 heavy (non-hydrogen) atoms. The number of allylic oxidation sites excluding steroid dienone is 6. The molecule has 12 nitrogen and oxygen atoms in total. The van der Waals surface area contributed by atoms with Gasteiger partial charge in [0.15, 0.2) is 5.78 Å². The molecule has 12 heteroatoms. The molecule has 1 saturated carbocycles. The molecule has 2 saturated heterocycles. The van der Waals surface area contributed by atoms with E-state index in [1.807, 2.05) is 71.9 Å². The van der Waals surface area contributed by atoms with E-state index in [4.69, 9.17) is 23.7 Å². The summed E-state index contributed by atoms with van der Waals surface area (Å²) in [6.07, 6.45) is 16.4. The number of cyclic esters (lactones) is 1. The summed E-state index contributed by atoms with van der Waals surface area (Å²) in [6, 6.07) is -1.07. The van der Waals surface area contributed by atoms with E-state index in [0.29, 0.717) is 56.8 Å². The standard InChI is InChI=1S/C53H83NO11/c1-32-18-14-13-15-19-33(2)46(62-11)30-42-24-22-39(8)53(60,65-42)50(57)51(58)54-25-17-16-20-43(54)52(59)64-47(37(6)28-41-23-21-34(3)45(29-41)61-10)31-44(55)36(5)27-35(4)40(9)49(63-12)48(56)38(7)26-32/h13-15,18-19,27,32,34,36-43,45-47,49,60H,16-17,20-26,28-31H2,1-12H3/b15-13+,18-14+,33-19+,35-27+/t32-,34-,36-,37-,38-,39-,40-,41?,42+,43+,45-,46+,47+,49-,53-/m1/s1. The smallest absolute Gasteiger partial charge is 0.329 e. The Hall–Kier alpha value is -3.29. The number of methoxy groups -OCH3 is 3. The lowest BCUT2D eigenvalue weighted by atomic mass is 9.76. The summed E-state index contributed by atoms with van der Waals surface area (Å²) in [5.74, 6) is -6.38. The average molecular weight is 910 g/mol. The van der Waals surface area contributed by atoms with Crippen LogP contribution in [0.3, 0.4) is 0 Å². The fraction of sp³-hybridized carbons (Fsp3) is 0.755. The first kappa shape index (κ1) is 54.3. The van der Waals surface area contributed by atoms with Crippen molar-refractivity contribution in [2.75, 3.05) is 27.9 Å². The quantitative estimate of drug-likeness (QED) is 0.155. The molecule has 2 bridgehead atoms. The summed E-state index contributed by atoms with van der Waals surface area (Å²) in [5, 5.41) is 12.0. The van der Waals surface area contributed by atoms with E-state index in [9.17, 15) is 29.1 Å². The highest BCUT2D eigenvalue weighted by Gasteiger charge is 2.53. The minimum Gasteiger partial charge on any atom is -0.460 e. The molecule has 0 aromatic heterocycles. The van der Waals surface area contributed by atoms with Crippen LogP contribution in [0.4, 0.5) is 0 Å². The molecule has 3 heterocycles. The fourth-order valence-corrected chi connectivity index (χ4v) is 10.6. The summed E-state index contributed by atoms with van der Waals surface area (Å²) in [5.41, 5.74) is 1.77. The van der Waals surface area contributed by atoms with Gasteiger partial charge in [0.25, 0.3) is 11.7 Å². The first-order chi connectivity index (χ1) is 30.7. The Labute approximate surface area is 390 Å². The van der Waals surface area contributed by atoms with Crippen molar-refractivity contribution in [2.24, 2.45) is 47.3 Å². The highest BCUT2D eigenvalue weighted by molar-refractivity contribution is 6.39. The van der Waals surface area contributed by atoms with E-state index >= 15 is 0 Å². The molecule has 1 aliphatic carbocycles. The van der Waals surface area contributed by atoms with E-state index in [1.54, 1.807) is 28.3 Å². The number of carbonyl (C=O) groups excluding carboxylic acids is 5. The minimum absolute atomic E-state index is 0.0102. The van der Waals surface area contributed by atoms with Gasteiger partial charge in [-0.15, -0.1) is 0 Å². The van der Waals surface area contributed by atoms with Crippen molar-refractivity contribution in [3.63, 3.8) is 0 Å². The van der Waals surface area contributed by atoms with E-state index in [2.05, 4.69) is 19.9 Å². The second kappa shape index (κ2) is 25.2. The normalized spacial score (nSPS) is 40.4. The monoisotopic (exact) mass is 910 g/mol. The lowest BCUT2D eigenvalue weighted by Gasteiger charge is -2.42. The summed E-state index contributed by atoms with van der Waals surface area (Å²) < 4.78 is 30.1. The van der Waals surface area contributed by atoms with Crippen LogP contribution >= 0.6 is 0 Å². The van der Waals surface area contributed by atoms with Crippen LogP contribution < -0.4 is 0 Å². The molecule has 1 amide bonds. The Bertz CT molecular complexity index is 1750. The molecule has 0 aromatic carbocycles. The average Bonchev–Trinajstić information content (AvgIpc) is 3.28. The molecule has 3 aliphatic heterocycles. The maximum atomic E-state index is 14.4. The maximum absolute atomic E-state index is 14.4. The van der Waals surface area contributed by atoms with Gasteiger partial charge in [-0.1, -0.05) is 90.5 Å². The molecule has 1 N–H and O–H groups in total. The lowest BCUT2D eigenvalue weighted by molar-refractivity contribution is -0.265. The molecule has 366 valence electrons. The van der Waals surface area contributed by atoms with Crippen LogP contribution in [0.5, 0.6) is 0 Å². The van der Waals surface area contributed by atoms with Crippen LogP contribution in [0.15, 0.2) is 47.6 Å². The molecule has 4 rings (SSSR count). The van der Waals surface area contributed by atoms with Crippen molar-refractivity contribution in [1.29, 1.82) is 0 Å². The highest BCUT2D eigenvalue weighted by atomic mass is 16.6. The zero-order valence-electron chi connectivity index (χ0n) is 41.7. The fourth-order valence-electron chi connectivity index (χ4n) is 10.6. The van der Waals surface area contributed by atoms with Gasteiger partial charge in [0.05, 0.1) is 18.3 Å². The topological polar surface area (TPSA) is 155 Å². The Balaban J connectivity index is 1.70. The lowest BCUT2D eigenvalue weighted by Crippen LogP contribution is -2.61. The third kappa shape index (κ3) is 14.4. The first-order valence-electron chi connectivity index (χ1n) is 24.6. The molecule has 0 aromatic rings. The number of rotatable bonds is 6. The first-order valence-corrected chi connectivity index (χ1v) is 24.6. The van der Waals surface area contributed by atoms with Crippen LogP contribution in [0.1, 0.15) is 139 Å². The number of hydrogen-bond donors (Lipinski definition) is 1. The van der Waals surface area contributed by atoms with Gasteiger partial charge in [-0.05, 0) is 107 Å². The second-order valence-corrected chi connectivity index (χ2v) is 20.3. The predicted molar refractivity (Wildman–Crippen MR) is 251 cm³/mol. The molecule has 0 radical (unpaired) electrons. The third-order valence-electron chi connectivity index (χ3n) is 15.3. The Kier molecular flexibility index (Phi) is 21.0. The molecular weight excluding hydrogens is 827 g/mol. The number of esters is 1. The van der Waals surface area contributed by atoms with Gasteiger partial charge < -0.3 is 33.7 Å². The van der Waals surface area contributed by atoms with Crippen molar-refractivity contribution < 1.29 is 52.8 Å². The van der Waals surface area contributed by atoms with Gasteiger partial charge in [0.1, 0.15) is 24.0 Å². The summed E-state index contributed by atoms with van der Waals surface area (Å²) >= 11 is 0. The van der Waals surface area contributed by atoms with Crippen LogP contribution in [0.2, 0.25) is 0 Å². The van der Waals surface area contributed by atoms with Gasteiger partial charge >= 0.3 is 5.97 Å².